The van der Waals surface area contributed by atoms with Gasteiger partial charge >= 0.3 is 0 Å². The highest BCUT2D eigenvalue weighted by molar-refractivity contribution is 5.77. The largest absolute Gasteiger partial charge is 0.454 e. The molecule has 2 aromatic rings. The Hall–Kier alpha value is -2.58. The highest BCUT2D eigenvalue weighted by Gasteiger charge is 2.16. The van der Waals surface area contributed by atoms with Gasteiger partial charge in [-0.25, -0.2) is 0 Å². The van der Waals surface area contributed by atoms with Crippen molar-refractivity contribution in [2.24, 2.45) is 0 Å². The van der Waals surface area contributed by atoms with Gasteiger partial charge in [-0.15, -0.1) is 0 Å². The van der Waals surface area contributed by atoms with E-state index in [1.54, 1.807) is 6.07 Å². The van der Waals surface area contributed by atoms with E-state index in [-0.39, 0.29) is 25.9 Å². The lowest BCUT2D eigenvalue weighted by atomic mass is 10.1. The first-order valence-corrected chi connectivity index (χ1v) is 10.0. The third-order valence-electron chi connectivity index (χ3n) is 4.63. The summed E-state index contributed by atoms with van der Waals surface area (Å²) < 4.78 is 21.5. The molecule has 1 aromatic heterocycles. The molecule has 2 heterocycles. The molecule has 3 rings (SSSR count). The van der Waals surface area contributed by atoms with Gasteiger partial charge in [-0.05, 0) is 51.2 Å². The van der Waals surface area contributed by atoms with Gasteiger partial charge in [0.25, 0.3) is 0 Å². The summed E-state index contributed by atoms with van der Waals surface area (Å²) in [7, 11) is 2.11. The normalized spacial score (nSPS) is 12.5. The van der Waals surface area contributed by atoms with Gasteiger partial charge < -0.3 is 29.0 Å². The Morgan fingerprint density at radius 3 is 2.90 bits per heavy atom. The lowest BCUT2D eigenvalue weighted by Crippen LogP contribution is -2.31. The van der Waals surface area contributed by atoms with Gasteiger partial charge in [0.15, 0.2) is 17.3 Å². The average molecular weight is 403 g/mol. The van der Waals surface area contributed by atoms with Crippen LogP contribution in [-0.2, 0) is 16.1 Å². The number of nitrogens with one attached hydrogen (secondary N) is 1. The average Bonchev–Trinajstić information content (AvgIpc) is 3.38. The van der Waals surface area contributed by atoms with Crippen molar-refractivity contribution in [1.29, 1.82) is 0 Å². The van der Waals surface area contributed by atoms with Gasteiger partial charge in [-0.1, -0.05) is 18.5 Å². The number of carbonyl (C=O) groups excluding carboxylic acids is 1. The van der Waals surface area contributed by atoms with Crippen LogP contribution in [0, 0.1) is 0 Å². The molecule has 0 fully saturated rings. The lowest BCUT2D eigenvalue weighted by molar-refractivity contribution is -0.126. The Bertz CT molecular complexity index is 792. The molecule has 29 heavy (non-hydrogen) atoms. The number of nitrogens with zero attached hydrogens (tertiary/aromatic N) is 2. The summed E-state index contributed by atoms with van der Waals surface area (Å²) in [6.45, 7) is 5.34. The number of amides is 1. The number of hydrogen-bond donors (Lipinski definition) is 1. The van der Waals surface area contributed by atoms with E-state index in [0.717, 1.165) is 30.8 Å². The molecule has 0 bridgehead atoms. The smallest absolute Gasteiger partial charge is 0.246 e. The van der Waals surface area contributed by atoms with Crippen LogP contribution in [0.1, 0.15) is 31.9 Å². The van der Waals surface area contributed by atoms with Crippen molar-refractivity contribution in [1.82, 2.24) is 15.4 Å². The zero-order valence-corrected chi connectivity index (χ0v) is 17.1. The molecule has 1 amide bonds. The van der Waals surface area contributed by atoms with E-state index in [0.29, 0.717) is 23.7 Å². The molecule has 1 aromatic carbocycles. The number of aromatic nitrogens is 1. The quantitative estimate of drug-likeness (QED) is 0.545. The standard InChI is InChI=1S/C21H29N3O5/c1-3-4-9-24(2)10-5-8-22-21(25)14-26-13-17-12-19(29-23-17)16-6-7-18-20(11-16)28-15-27-18/h6-7,11-12H,3-5,8-10,13-15H2,1-2H3,(H,22,25). The van der Waals surface area contributed by atoms with Crippen molar-refractivity contribution >= 4 is 5.91 Å². The summed E-state index contributed by atoms with van der Waals surface area (Å²) in [6, 6.07) is 7.36. The predicted molar refractivity (Wildman–Crippen MR) is 108 cm³/mol. The van der Waals surface area contributed by atoms with Crippen LogP contribution >= 0.6 is 0 Å². The summed E-state index contributed by atoms with van der Waals surface area (Å²) in [6.07, 6.45) is 3.32. The van der Waals surface area contributed by atoms with Crippen LogP contribution in [0.4, 0.5) is 0 Å². The number of rotatable bonds is 12. The molecule has 0 aliphatic carbocycles. The predicted octanol–water partition coefficient (Wildman–Crippen LogP) is 2.83. The fourth-order valence-corrected chi connectivity index (χ4v) is 2.98. The minimum absolute atomic E-state index is 0.00209. The number of benzene rings is 1. The lowest BCUT2D eigenvalue weighted by Gasteiger charge is -2.15. The van der Waals surface area contributed by atoms with E-state index in [9.17, 15) is 4.79 Å². The van der Waals surface area contributed by atoms with Crippen molar-refractivity contribution in [2.45, 2.75) is 32.8 Å². The van der Waals surface area contributed by atoms with E-state index < -0.39 is 0 Å². The second-order valence-electron chi connectivity index (χ2n) is 7.10. The second kappa shape index (κ2) is 10.8. The van der Waals surface area contributed by atoms with E-state index in [4.69, 9.17) is 18.7 Å². The van der Waals surface area contributed by atoms with Gasteiger partial charge in [0.1, 0.15) is 12.3 Å². The molecule has 0 spiro atoms. The zero-order valence-electron chi connectivity index (χ0n) is 17.1. The number of ether oxygens (including phenoxy) is 3. The van der Waals surface area contributed by atoms with Crippen LogP contribution in [0.5, 0.6) is 11.5 Å². The third-order valence-corrected chi connectivity index (χ3v) is 4.63. The van der Waals surface area contributed by atoms with Crippen molar-refractivity contribution in [3.05, 3.63) is 30.0 Å². The molecule has 1 aliphatic heterocycles. The van der Waals surface area contributed by atoms with Crippen LogP contribution < -0.4 is 14.8 Å². The molecular weight excluding hydrogens is 374 g/mol. The Morgan fingerprint density at radius 1 is 1.21 bits per heavy atom. The SMILES string of the molecule is CCCCN(C)CCCNC(=O)COCc1cc(-c2ccc3c(c2)OCO3)on1. The first-order valence-electron chi connectivity index (χ1n) is 10.0. The molecule has 1 N–H and O–H groups in total. The van der Waals surface area contributed by atoms with Crippen molar-refractivity contribution < 1.29 is 23.5 Å². The molecule has 0 radical (unpaired) electrons. The van der Waals surface area contributed by atoms with Gasteiger partial charge in [-0.2, -0.15) is 0 Å². The highest BCUT2D eigenvalue weighted by atomic mass is 16.7. The van der Waals surface area contributed by atoms with Gasteiger partial charge in [0.2, 0.25) is 12.7 Å². The molecule has 158 valence electrons. The first kappa shape index (κ1) is 21.1. The minimum atomic E-state index is -0.124. The first-order chi connectivity index (χ1) is 14.2. The summed E-state index contributed by atoms with van der Waals surface area (Å²) in [4.78, 5) is 14.2. The Kier molecular flexibility index (Phi) is 7.89. The molecule has 0 atom stereocenters. The molecule has 0 saturated heterocycles. The zero-order chi connectivity index (χ0) is 20.5. The van der Waals surface area contributed by atoms with Gasteiger partial charge in [0, 0.05) is 18.2 Å². The van der Waals surface area contributed by atoms with Crippen LogP contribution in [0.15, 0.2) is 28.8 Å². The fraction of sp³-hybridized carbons (Fsp3) is 0.524. The molecule has 0 saturated carbocycles. The number of unbranched alkanes of at least 4 members (excludes halogenated alkanes) is 1. The van der Waals surface area contributed by atoms with E-state index in [1.165, 1.54) is 12.8 Å². The minimum Gasteiger partial charge on any atom is -0.454 e. The molecule has 0 unspecified atom stereocenters. The highest BCUT2D eigenvalue weighted by Crippen LogP contribution is 2.36. The fourth-order valence-electron chi connectivity index (χ4n) is 2.98. The van der Waals surface area contributed by atoms with Crippen molar-refractivity contribution in [3.63, 3.8) is 0 Å². The second-order valence-corrected chi connectivity index (χ2v) is 7.10. The summed E-state index contributed by atoms with van der Waals surface area (Å²) in [5.41, 5.74) is 1.47. The number of hydrogen-bond acceptors (Lipinski definition) is 7. The Balaban J connectivity index is 1.33. The third kappa shape index (κ3) is 6.47. The number of carbonyl (C=O) groups is 1. The molecule has 8 heteroatoms. The maximum absolute atomic E-state index is 11.9. The maximum Gasteiger partial charge on any atom is 0.246 e. The Labute approximate surface area is 171 Å². The topological polar surface area (TPSA) is 86.1 Å². The Morgan fingerprint density at radius 2 is 2.03 bits per heavy atom. The van der Waals surface area contributed by atoms with Gasteiger partial charge in [-0.3, -0.25) is 4.79 Å². The molecular formula is C21H29N3O5. The molecule has 8 nitrogen and oxygen atoms in total. The maximum atomic E-state index is 11.9. The number of fused-ring (bicyclic) bond motifs is 1. The van der Waals surface area contributed by atoms with Gasteiger partial charge in [0.05, 0.1) is 6.61 Å². The summed E-state index contributed by atoms with van der Waals surface area (Å²) in [5.74, 6) is 1.89. The van der Waals surface area contributed by atoms with Crippen LogP contribution in [0.2, 0.25) is 0 Å². The van der Waals surface area contributed by atoms with E-state index in [2.05, 4.69) is 29.3 Å². The summed E-state index contributed by atoms with van der Waals surface area (Å²) >= 11 is 0. The van der Waals surface area contributed by atoms with Crippen LogP contribution in [0.3, 0.4) is 0 Å². The van der Waals surface area contributed by atoms with Crippen LogP contribution in [-0.4, -0.2) is 56.0 Å². The van der Waals surface area contributed by atoms with E-state index >= 15 is 0 Å². The van der Waals surface area contributed by atoms with Crippen LogP contribution in [0.25, 0.3) is 11.3 Å². The molecule has 1 aliphatic rings. The van der Waals surface area contributed by atoms with Crippen molar-refractivity contribution in [2.75, 3.05) is 40.1 Å². The van der Waals surface area contributed by atoms with E-state index in [1.807, 2.05) is 18.2 Å². The summed E-state index contributed by atoms with van der Waals surface area (Å²) in [5, 5.41) is 6.87. The monoisotopic (exact) mass is 403 g/mol. The van der Waals surface area contributed by atoms with Crippen molar-refractivity contribution in [3.8, 4) is 22.8 Å².